The summed E-state index contributed by atoms with van der Waals surface area (Å²) >= 11 is 1.71. The number of imidazole rings is 1. The van der Waals surface area contributed by atoms with Gasteiger partial charge in [0.05, 0.1) is 5.69 Å². The molecule has 2 heterocycles. The van der Waals surface area contributed by atoms with E-state index in [1.165, 1.54) is 5.56 Å². The highest BCUT2D eigenvalue weighted by Crippen LogP contribution is 2.21. The number of benzene rings is 1. The molecule has 0 radical (unpaired) electrons. The second kappa shape index (κ2) is 7.15. The Morgan fingerprint density at radius 3 is 2.90 bits per heavy atom. The van der Waals surface area contributed by atoms with Crippen molar-refractivity contribution < 1.29 is 0 Å². The molecule has 5 heteroatoms. The fraction of sp³-hybridized carbons (Fsp3) is 0.250. The maximum absolute atomic E-state index is 4.67. The van der Waals surface area contributed by atoms with Gasteiger partial charge in [-0.3, -0.25) is 0 Å². The van der Waals surface area contributed by atoms with Crippen molar-refractivity contribution in [2.24, 2.45) is 0 Å². The first-order valence-electron chi connectivity index (χ1n) is 7.10. The van der Waals surface area contributed by atoms with Crippen LogP contribution < -0.4 is 5.32 Å². The van der Waals surface area contributed by atoms with Crippen LogP contribution in [0.2, 0.25) is 0 Å². The third kappa shape index (κ3) is 4.00. The van der Waals surface area contributed by atoms with Crippen LogP contribution in [0.1, 0.15) is 17.3 Å². The summed E-state index contributed by atoms with van der Waals surface area (Å²) in [6.07, 6.45) is 5.71. The number of nitrogens with zero attached hydrogens (tertiary/aromatic N) is 2. The molecule has 2 aromatic heterocycles. The van der Waals surface area contributed by atoms with Crippen LogP contribution in [0.3, 0.4) is 0 Å². The van der Waals surface area contributed by atoms with E-state index in [1.807, 2.05) is 24.4 Å². The van der Waals surface area contributed by atoms with Crippen LogP contribution in [0, 0.1) is 0 Å². The summed E-state index contributed by atoms with van der Waals surface area (Å²) in [6, 6.07) is 10.3. The van der Waals surface area contributed by atoms with Gasteiger partial charge in [0.15, 0.2) is 0 Å². The Kier molecular flexibility index (Phi) is 4.76. The number of nitrogens with one attached hydrogen (secondary N) is 2. The number of hydrogen-bond donors (Lipinski definition) is 2. The number of aromatic nitrogens is 3. The van der Waals surface area contributed by atoms with E-state index < -0.39 is 0 Å². The molecule has 0 unspecified atom stereocenters. The summed E-state index contributed by atoms with van der Waals surface area (Å²) in [7, 11) is 0. The fourth-order valence-corrected chi connectivity index (χ4v) is 2.92. The van der Waals surface area contributed by atoms with Gasteiger partial charge in [-0.15, -0.1) is 11.3 Å². The highest BCUT2D eigenvalue weighted by atomic mass is 32.1. The number of rotatable bonds is 7. The zero-order chi connectivity index (χ0) is 14.3. The average molecular weight is 298 g/mol. The molecule has 0 saturated carbocycles. The van der Waals surface area contributed by atoms with E-state index in [-0.39, 0.29) is 0 Å². The maximum Gasteiger partial charge on any atom is 0.107 e. The van der Waals surface area contributed by atoms with Crippen molar-refractivity contribution in [2.45, 2.75) is 19.4 Å². The lowest BCUT2D eigenvalue weighted by molar-refractivity contribution is 0.639. The van der Waals surface area contributed by atoms with Gasteiger partial charge in [-0.05, 0) is 13.0 Å². The molecule has 0 saturated heterocycles. The smallest absolute Gasteiger partial charge is 0.107 e. The first kappa shape index (κ1) is 14.0. The molecule has 0 amide bonds. The van der Waals surface area contributed by atoms with Gasteiger partial charge < -0.3 is 10.3 Å². The highest BCUT2D eigenvalue weighted by Gasteiger charge is 2.03. The maximum atomic E-state index is 4.67. The second-order valence-corrected chi connectivity index (χ2v) is 5.75. The number of thiazole rings is 1. The number of aryl methyl sites for hydroxylation is 1. The molecule has 1 aromatic carbocycles. The minimum Gasteiger partial charge on any atom is -0.349 e. The molecule has 0 bridgehead atoms. The molecule has 0 aliphatic carbocycles. The Balaban J connectivity index is 1.43. The molecule has 3 aromatic rings. The van der Waals surface area contributed by atoms with Crippen molar-refractivity contribution in [2.75, 3.05) is 6.54 Å². The van der Waals surface area contributed by atoms with Gasteiger partial charge in [0, 0.05) is 36.3 Å². The molecule has 0 atom stereocenters. The van der Waals surface area contributed by atoms with Crippen molar-refractivity contribution in [3.63, 3.8) is 0 Å². The van der Waals surface area contributed by atoms with Crippen LogP contribution in [0.15, 0.2) is 48.1 Å². The molecule has 3 rings (SSSR count). The van der Waals surface area contributed by atoms with E-state index in [9.17, 15) is 0 Å². The lowest BCUT2D eigenvalue weighted by atomic mass is 10.2. The average Bonchev–Trinajstić information content (AvgIpc) is 3.19. The van der Waals surface area contributed by atoms with E-state index in [4.69, 9.17) is 0 Å². The largest absolute Gasteiger partial charge is 0.349 e. The van der Waals surface area contributed by atoms with Crippen LogP contribution in [-0.4, -0.2) is 21.5 Å². The minimum atomic E-state index is 0.829. The van der Waals surface area contributed by atoms with Crippen molar-refractivity contribution in [3.8, 4) is 11.3 Å². The lowest BCUT2D eigenvalue weighted by Crippen LogP contribution is -2.15. The topological polar surface area (TPSA) is 53.6 Å². The number of hydrogen-bond acceptors (Lipinski definition) is 4. The Hall–Kier alpha value is -1.98. The zero-order valence-corrected chi connectivity index (χ0v) is 12.6. The van der Waals surface area contributed by atoms with Gasteiger partial charge in [-0.25, -0.2) is 9.97 Å². The third-order valence-electron chi connectivity index (χ3n) is 3.22. The number of H-pyrrole nitrogens is 1. The first-order chi connectivity index (χ1) is 10.4. The van der Waals surface area contributed by atoms with E-state index in [0.717, 1.165) is 42.5 Å². The third-order valence-corrected chi connectivity index (χ3v) is 4.07. The van der Waals surface area contributed by atoms with Gasteiger partial charge in [-0.2, -0.15) is 0 Å². The van der Waals surface area contributed by atoms with E-state index in [2.05, 4.69) is 37.8 Å². The summed E-state index contributed by atoms with van der Waals surface area (Å²) in [4.78, 5) is 12.0. The van der Waals surface area contributed by atoms with Crippen LogP contribution >= 0.6 is 11.3 Å². The predicted molar refractivity (Wildman–Crippen MR) is 86.2 cm³/mol. The van der Waals surface area contributed by atoms with Crippen molar-refractivity contribution >= 4 is 11.3 Å². The van der Waals surface area contributed by atoms with Crippen molar-refractivity contribution in [1.29, 1.82) is 0 Å². The molecular weight excluding hydrogens is 280 g/mol. The normalized spacial score (nSPS) is 10.9. The van der Waals surface area contributed by atoms with E-state index >= 15 is 0 Å². The van der Waals surface area contributed by atoms with Crippen LogP contribution in [0.4, 0.5) is 0 Å². The van der Waals surface area contributed by atoms with Crippen LogP contribution in [0.25, 0.3) is 11.3 Å². The molecule has 4 nitrogen and oxygen atoms in total. The van der Waals surface area contributed by atoms with E-state index in [0.29, 0.717) is 0 Å². The summed E-state index contributed by atoms with van der Waals surface area (Å²) in [5, 5.41) is 6.69. The van der Waals surface area contributed by atoms with Crippen molar-refractivity contribution in [3.05, 3.63) is 58.9 Å². The summed E-state index contributed by atoms with van der Waals surface area (Å²) in [5.41, 5.74) is 2.24. The van der Waals surface area contributed by atoms with Gasteiger partial charge in [-0.1, -0.05) is 30.3 Å². The zero-order valence-electron chi connectivity index (χ0n) is 11.7. The SMILES string of the molecule is c1ccc(-c2csc(CNCCCc3ncc[nH]3)n2)cc1. The molecule has 108 valence electrons. The Morgan fingerprint density at radius 1 is 1.19 bits per heavy atom. The second-order valence-electron chi connectivity index (χ2n) is 4.81. The highest BCUT2D eigenvalue weighted by molar-refractivity contribution is 7.09. The van der Waals surface area contributed by atoms with Crippen LogP contribution in [-0.2, 0) is 13.0 Å². The molecule has 0 aliphatic rings. The fourth-order valence-electron chi connectivity index (χ4n) is 2.14. The quantitative estimate of drug-likeness (QED) is 0.658. The van der Waals surface area contributed by atoms with Crippen LogP contribution in [0.5, 0.6) is 0 Å². The van der Waals surface area contributed by atoms with E-state index in [1.54, 1.807) is 17.5 Å². The minimum absolute atomic E-state index is 0.829. The number of aromatic amines is 1. The predicted octanol–water partition coefficient (Wildman–Crippen LogP) is 3.26. The van der Waals surface area contributed by atoms with Crippen molar-refractivity contribution in [1.82, 2.24) is 20.3 Å². The molecule has 0 fully saturated rings. The molecule has 0 spiro atoms. The van der Waals surface area contributed by atoms with Gasteiger partial charge in [0.25, 0.3) is 0 Å². The lowest BCUT2D eigenvalue weighted by Gasteiger charge is -2.01. The molecule has 0 aliphatic heterocycles. The first-order valence-corrected chi connectivity index (χ1v) is 7.98. The molecule has 21 heavy (non-hydrogen) atoms. The molecule has 2 N–H and O–H groups in total. The Morgan fingerprint density at radius 2 is 2.10 bits per heavy atom. The van der Waals surface area contributed by atoms with Gasteiger partial charge in [0.1, 0.15) is 10.8 Å². The summed E-state index contributed by atoms with van der Waals surface area (Å²) in [5.74, 6) is 1.05. The standard InChI is InChI=1S/C16H18N4S/c1-2-5-13(6-3-1)14-12-21-16(20-14)11-17-8-4-7-15-18-9-10-19-15/h1-3,5-6,9-10,12,17H,4,7-8,11H2,(H,18,19). The van der Waals surface area contributed by atoms with Gasteiger partial charge in [0.2, 0.25) is 0 Å². The van der Waals surface area contributed by atoms with Gasteiger partial charge >= 0.3 is 0 Å². The summed E-state index contributed by atoms with van der Waals surface area (Å²) < 4.78 is 0. The Labute approximate surface area is 128 Å². The monoisotopic (exact) mass is 298 g/mol. The Bertz CT molecular complexity index is 646. The molecular formula is C16H18N4S. The summed E-state index contributed by atoms with van der Waals surface area (Å²) in [6.45, 7) is 1.80.